The third kappa shape index (κ3) is 6.46. The van der Waals surface area contributed by atoms with Crippen molar-refractivity contribution in [3.05, 3.63) is 46.3 Å². The van der Waals surface area contributed by atoms with Gasteiger partial charge in [-0.05, 0) is 63.4 Å². The van der Waals surface area contributed by atoms with Crippen LogP contribution in [0.5, 0.6) is 17.2 Å². The summed E-state index contributed by atoms with van der Waals surface area (Å²) in [4.78, 5) is 30.3. The van der Waals surface area contributed by atoms with Crippen molar-refractivity contribution in [3.8, 4) is 17.2 Å². The number of benzene rings is 2. The van der Waals surface area contributed by atoms with E-state index in [9.17, 15) is 9.59 Å². The summed E-state index contributed by atoms with van der Waals surface area (Å²) in [5.74, 6) is 0.402. The molecule has 8 nitrogen and oxygen atoms in total. The van der Waals surface area contributed by atoms with E-state index in [2.05, 4.69) is 24.0 Å². The van der Waals surface area contributed by atoms with Gasteiger partial charge in [0.05, 0.1) is 37.1 Å². The van der Waals surface area contributed by atoms with E-state index < -0.39 is 11.9 Å². The molecule has 0 atom stereocenters. The first-order chi connectivity index (χ1) is 17.4. The minimum absolute atomic E-state index is 0.0470. The van der Waals surface area contributed by atoms with E-state index in [-0.39, 0.29) is 6.54 Å². The molecule has 0 aliphatic carbocycles. The van der Waals surface area contributed by atoms with Crippen molar-refractivity contribution >= 4 is 33.4 Å². The number of unbranched alkanes of at least 4 members (excludes halogenated alkanes) is 1. The summed E-state index contributed by atoms with van der Waals surface area (Å²) in [5, 5.41) is 0. The molecule has 0 saturated carbocycles. The molecule has 0 aliphatic rings. The zero-order valence-corrected chi connectivity index (χ0v) is 22.4. The van der Waals surface area contributed by atoms with E-state index in [1.807, 2.05) is 26.8 Å². The van der Waals surface area contributed by atoms with Gasteiger partial charge in [-0.3, -0.25) is 9.59 Å². The number of methoxy groups -OCH3 is 1. The van der Waals surface area contributed by atoms with Crippen LogP contribution in [0.15, 0.2) is 35.3 Å². The van der Waals surface area contributed by atoms with Gasteiger partial charge in [0.1, 0.15) is 6.54 Å². The molecule has 1 amide bonds. The average Bonchev–Trinajstić information content (AvgIpc) is 3.20. The Morgan fingerprint density at radius 1 is 0.944 bits per heavy atom. The van der Waals surface area contributed by atoms with Crippen molar-refractivity contribution in [3.63, 3.8) is 0 Å². The summed E-state index contributed by atoms with van der Waals surface area (Å²) in [6.45, 7) is 8.92. The standard InChI is InChI=1S/C27H34N2O6S/c1-6-10-11-18-12-13-20-23(14-18)36-27(29(20)17-24(30)32-5)28-26(31)19-15-21(33-7-2)25(35-9-4)22(16-19)34-8-3/h12-16H,6-11,17H2,1-5H3. The summed E-state index contributed by atoms with van der Waals surface area (Å²) in [5.41, 5.74) is 2.34. The fourth-order valence-electron chi connectivity index (χ4n) is 3.75. The van der Waals surface area contributed by atoms with E-state index in [1.54, 1.807) is 16.7 Å². The van der Waals surface area contributed by atoms with E-state index in [4.69, 9.17) is 18.9 Å². The summed E-state index contributed by atoms with van der Waals surface area (Å²) in [7, 11) is 1.34. The normalized spacial score (nSPS) is 11.5. The molecular formula is C27H34N2O6S. The summed E-state index contributed by atoms with van der Waals surface area (Å²) in [6.07, 6.45) is 3.17. The highest BCUT2D eigenvalue weighted by Gasteiger charge is 2.19. The monoisotopic (exact) mass is 514 g/mol. The Balaban J connectivity index is 2.12. The Morgan fingerprint density at radius 2 is 1.61 bits per heavy atom. The molecule has 0 unspecified atom stereocenters. The number of rotatable bonds is 12. The second-order valence-electron chi connectivity index (χ2n) is 7.97. The van der Waals surface area contributed by atoms with Gasteiger partial charge in [0.25, 0.3) is 5.91 Å². The number of hydrogen-bond acceptors (Lipinski definition) is 7. The fraction of sp³-hybridized carbons (Fsp3) is 0.444. The molecule has 0 aliphatic heterocycles. The van der Waals surface area contributed by atoms with E-state index >= 15 is 0 Å². The van der Waals surface area contributed by atoms with Crippen LogP contribution in [-0.2, 0) is 22.5 Å². The maximum Gasteiger partial charge on any atom is 0.325 e. The summed E-state index contributed by atoms with van der Waals surface area (Å²) in [6, 6.07) is 9.36. The number of thiazole rings is 1. The molecule has 0 saturated heterocycles. The summed E-state index contributed by atoms with van der Waals surface area (Å²) >= 11 is 1.37. The molecule has 0 radical (unpaired) electrons. The highest BCUT2D eigenvalue weighted by atomic mass is 32.1. The molecule has 36 heavy (non-hydrogen) atoms. The smallest absolute Gasteiger partial charge is 0.325 e. The SMILES string of the molecule is CCCCc1ccc2c(c1)sc(=NC(=O)c1cc(OCC)c(OCC)c(OCC)c1)n2CC(=O)OC. The zero-order chi connectivity index (χ0) is 26.1. The number of hydrogen-bond donors (Lipinski definition) is 0. The molecule has 0 fully saturated rings. The Bertz CT molecular complexity index is 1250. The topological polar surface area (TPSA) is 88.4 Å². The van der Waals surface area contributed by atoms with Gasteiger partial charge < -0.3 is 23.5 Å². The van der Waals surface area contributed by atoms with Crippen molar-refractivity contribution in [1.29, 1.82) is 0 Å². The number of esters is 1. The number of ether oxygens (including phenoxy) is 4. The van der Waals surface area contributed by atoms with Crippen LogP contribution >= 0.6 is 11.3 Å². The van der Waals surface area contributed by atoms with Gasteiger partial charge in [-0.15, -0.1) is 0 Å². The van der Waals surface area contributed by atoms with Gasteiger partial charge >= 0.3 is 5.97 Å². The lowest BCUT2D eigenvalue weighted by atomic mass is 10.1. The lowest BCUT2D eigenvalue weighted by Crippen LogP contribution is -2.22. The van der Waals surface area contributed by atoms with Crippen LogP contribution in [0, 0.1) is 0 Å². The van der Waals surface area contributed by atoms with Crippen LogP contribution < -0.4 is 19.0 Å². The number of amides is 1. The first-order valence-corrected chi connectivity index (χ1v) is 13.1. The molecule has 0 spiro atoms. The maximum atomic E-state index is 13.3. The molecule has 2 aromatic carbocycles. The Morgan fingerprint density at radius 3 is 2.19 bits per heavy atom. The first kappa shape index (κ1) is 27.3. The number of aromatic nitrogens is 1. The molecule has 0 bridgehead atoms. The zero-order valence-electron chi connectivity index (χ0n) is 21.6. The molecule has 9 heteroatoms. The molecule has 0 N–H and O–H groups in total. The number of nitrogens with zero attached hydrogens (tertiary/aromatic N) is 2. The molecule has 3 aromatic rings. The van der Waals surface area contributed by atoms with Gasteiger partial charge in [-0.2, -0.15) is 4.99 Å². The highest BCUT2D eigenvalue weighted by molar-refractivity contribution is 7.16. The Kier molecular flexibility index (Phi) is 9.93. The predicted octanol–water partition coefficient (Wildman–Crippen LogP) is 5.16. The molecular weight excluding hydrogens is 480 g/mol. The number of fused-ring (bicyclic) bond motifs is 1. The van der Waals surface area contributed by atoms with Gasteiger partial charge in [0.2, 0.25) is 5.75 Å². The largest absolute Gasteiger partial charge is 0.490 e. The van der Waals surface area contributed by atoms with Gasteiger partial charge in [0, 0.05) is 5.56 Å². The average molecular weight is 515 g/mol. The first-order valence-electron chi connectivity index (χ1n) is 12.3. The minimum atomic E-state index is -0.476. The van der Waals surface area contributed by atoms with Crippen LogP contribution in [-0.4, -0.2) is 43.4 Å². The number of carbonyl (C=O) groups excluding carboxylic acids is 2. The van der Waals surface area contributed by atoms with Gasteiger partial charge in [0.15, 0.2) is 16.3 Å². The third-order valence-electron chi connectivity index (χ3n) is 5.43. The van der Waals surface area contributed by atoms with Crippen molar-refractivity contribution in [1.82, 2.24) is 4.57 Å². The van der Waals surface area contributed by atoms with E-state index in [0.29, 0.717) is 47.4 Å². The number of carbonyl (C=O) groups is 2. The minimum Gasteiger partial charge on any atom is -0.490 e. The second kappa shape index (κ2) is 13.1. The van der Waals surface area contributed by atoms with Crippen molar-refractivity contribution in [2.45, 2.75) is 53.5 Å². The predicted molar refractivity (Wildman–Crippen MR) is 140 cm³/mol. The van der Waals surface area contributed by atoms with Crippen molar-refractivity contribution in [2.75, 3.05) is 26.9 Å². The van der Waals surface area contributed by atoms with Crippen LogP contribution in [0.4, 0.5) is 0 Å². The molecule has 1 aromatic heterocycles. The Hall–Kier alpha value is -3.33. The van der Waals surface area contributed by atoms with E-state index in [0.717, 1.165) is 29.5 Å². The summed E-state index contributed by atoms with van der Waals surface area (Å²) < 4.78 is 24.8. The molecule has 1 heterocycles. The van der Waals surface area contributed by atoms with Crippen LogP contribution in [0.3, 0.4) is 0 Å². The van der Waals surface area contributed by atoms with Crippen LogP contribution in [0.1, 0.15) is 56.5 Å². The maximum absolute atomic E-state index is 13.3. The van der Waals surface area contributed by atoms with Crippen molar-refractivity contribution in [2.24, 2.45) is 4.99 Å². The Labute approximate surface area is 215 Å². The third-order valence-corrected chi connectivity index (χ3v) is 6.48. The van der Waals surface area contributed by atoms with Crippen molar-refractivity contribution < 1.29 is 28.5 Å². The lowest BCUT2D eigenvalue weighted by molar-refractivity contribution is -0.141. The van der Waals surface area contributed by atoms with Gasteiger partial charge in [-0.25, -0.2) is 0 Å². The molecule has 3 rings (SSSR count). The second-order valence-corrected chi connectivity index (χ2v) is 8.98. The quantitative estimate of drug-likeness (QED) is 0.311. The number of aryl methyl sites for hydroxylation is 1. The van der Waals surface area contributed by atoms with E-state index in [1.165, 1.54) is 24.0 Å². The van der Waals surface area contributed by atoms with Crippen LogP contribution in [0.25, 0.3) is 10.2 Å². The fourth-order valence-corrected chi connectivity index (χ4v) is 4.84. The highest BCUT2D eigenvalue weighted by Crippen LogP contribution is 2.39. The van der Waals surface area contributed by atoms with Crippen LogP contribution in [0.2, 0.25) is 0 Å². The molecule has 194 valence electrons. The lowest BCUT2D eigenvalue weighted by Gasteiger charge is -2.16. The van der Waals surface area contributed by atoms with Gasteiger partial charge in [-0.1, -0.05) is 30.7 Å².